The third-order valence-electron chi connectivity index (χ3n) is 12.5. The molecule has 0 saturated heterocycles. The highest BCUT2D eigenvalue weighted by Gasteiger charge is 2.34. The van der Waals surface area contributed by atoms with Crippen molar-refractivity contribution in [1.82, 2.24) is 8.97 Å². The molecule has 4 nitrogen and oxygen atoms in total. The van der Waals surface area contributed by atoms with Crippen molar-refractivity contribution in [3.8, 4) is 16.8 Å². The van der Waals surface area contributed by atoms with Crippen LogP contribution in [0.4, 0.5) is 0 Å². The van der Waals surface area contributed by atoms with Gasteiger partial charge in [0.25, 0.3) is 0 Å². The molecule has 1 aliphatic heterocycles. The van der Waals surface area contributed by atoms with E-state index in [9.17, 15) is 0 Å². The molecule has 4 heterocycles. The van der Waals surface area contributed by atoms with Crippen molar-refractivity contribution in [2.24, 2.45) is 15.9 Å². The Morgan fingerprint density at radius 2 is 1.09 bits per heavy atom. The van der Waals surface area contributed by atoms with Gasteiger partial charge >= 0.3 is 0 Å². The van der Waals surface area contributed by atoms with Gasteiger partial charge in [-0.15, -0.1) is 0 Å². The van der Waals surface area contributed by atoms with E-state index >= 15 is 0 Å². The van der Waals surface area contributed by atoms with Crippen LogP contribution in [0.25, 0.3) is 76.7 Å². The van der Waals surface area contributed by atoms with E-state index in [4.69, 9.17) is 9.98 Å². The zero-order valence-electron chi connectivity index (χ0n) is 32.0. The summed E-state index contributed by atoms with van der Waals surface area (Å²) in [4.78, 5) is 11.4. The Labute approximate surface area is 336 Å². The Morgan fingerprint density at radius 1 is 0.500 bits per heavy atom. The second-order valence-electron chi connectivity index (χ2n) is 15.5. The maximum atomic E-state index is 5.73. The van der Waals surface area contributed by atoms with Crippen LogP contribution in [-0.2, 0) is 0 Å². The minimum absolute atomic E-state index is 0.0917. The molecule has 0 aliphatic carbocycles. The van der Waals surface area contributed by atoms with Crippen molar-refractivity contribution >= 4 is 71.4 Å². The van der Waals surface area contributed by atoms with E-state index < -0.39 is 0 Å². The van der Waals surface area contributed by atoms with Crippen molar-refractivity contribution in [3.63, 3.8) is 0 Å². The van der Waals surface area contributed by atoms with Crippen molar-refractivity contribution in [2.75, 3.05) is 0 Å². The van der Waals surface area contributed by atoms with Crippen molar-refractivity contribution in [2.45, 2.75) is 19.4 Å². The Kier molecular flexibility index (Phi) is 7.30. The fourth-order valence-electron chi connectivity index (χ4n) is 9.97. The molecular formula is C54H38N4. The second kappa shape index (κ2) is 12.9. The molecule has 0 bridgehead atoms. The fraction of sp³-hybridized carbons (Fsp3) is 0.0741. The summed E-state index contributed by atoms with van der Waals surface area (Å²) in [6, 6.07) is 68.1. The molecule has 4 heteroatoms. The van der Waals surface area contributed by atoms with Gasteiger partial charge in [-0.25, -0.2) is 4.99 Å². The first-order chi connectivity index (χ1) is 28.8. The molecule has 3 aromatic heterocycles. The van der Waals surface area contributed by atoms with Gasteiger partial charge in [0.2, 0.25) is 0 Å². The first kappa shape index (κ1) is 32.9. The van der Waals surface area contributed by atoms with Gasteiger partial charge in [-0.1, -0.05) is 146 Å². The van der Waals surface area contributed by atoms with Crippen LogP contribution in [0.3, 0.4) is 0 Å². The molecule has 58 heavy (non-hydrogen) atoms. The first-order valence-corrected chi connectivity index (χ1v) is 20.3. The highest BCUT2D eigenvalue weighted by atomic mass is 15.0. The molecule has 0 amide bonds. The zero-order chi connectivity index (χ0) is 38.3. The number of para-hydroxylation sites is 4. The van der Waals surface area contributed by atoms with Gasteiger partial charge in [-0.3, -0.25) is 4.99 Å². The van der Waals surface area contributed by atoms with Crippen LogP contribution in [0, 0.1) is 5.92 Å². The number of hydrogen-bond donors (Lipinski definition) is 0. The first-order valence-electron chi connectivity index (χ1n) is 20.3. The predicted octanol–water partition coefficient (Wildman–Crippen LogP) is 13.6. The molecule has 274 valence electrons. The van der Waals surface area contributed by atoms with Gasteiger partial charge in [0.05, 0.1) is 39.3 Å². The van der Waals surface area contributed by atoms with Crippen LogP contribution >= 0.6 is 0 Å². The van der Waals surface area contributed by atoms with Gasteiger partial charge in [0, 0.05) is 55.0 Å². The summed E-state index contributed by atoms with van der Waals surface area (Å²) in [5, 5.41) is 7.36. The number of amidine groups is 1. The average molecular weight is 743 g/mol. The number of rotatable bonds is 6. The zero-order valence-corrected chi connectivity index (χ0v) is 32.0. The third kappa shape index (κ3) is 4.75. The van der Waals surface area contributed by atoms with Crippen LogP contribution in [0.2, 0.25) is 0 Å². The maximum absolute atomic E-state index is 5.73. The topological polar surface area (TPSA) is 34.1 Å². The van der Waals surface area contributed by atoms with Gasteiger partial charge < -0.3 is 8.97 Å². The van der Waals surface area contributed by atoms with E-state index in [1.807, 2.05) is 0 Å². The van der Waals surface area contributed by atoms with Crippen molar-refractivity contribution in [1.29, 1.82) is 0 Å². The van der Waals surface area contributed by atoms with E-state index in [0.717, 1.165) is 45.9 Å². The average Bonchev–Trinajstić information content (AvgIpc) is 3.94. The maximum Gasteiger partial charge on any atom is 0.156 e. The Morgan fingerprint density at radius 3 is 1.81 bits per heavy atom. The van der Waals surface area contributed by atoms with Crippen LogP contribution in [-0.4, -0.2) is 20.5 Å². The van der Waals surface area contributed by atoms with Gasteiger partial charge in [0.1, 0.15) is 0 Å². The number of aliphatic imine (C=N–C) groups is 2. The van der Waals surface area contributed by atoms with E-state index in [1.54, 1.807) is 0 Å². The molecule has 11 aromatic rings. The Bertz CT molecular complexity index is 3430. The van der Waals surface area contributed by atoms with Crippen LogP contribution in [0.1, 0.15) is 36.1 Å². The minimum Gasteiger partial charge on any atom is -0.309 e. The number of fused-ring (bicyclic) bond motifs is 9. The summed E-state index contributed by atoms with van der Waals surface area (Å²) in [6.07, 6.45) is 0.921. The molecule has 8 aromatic carbocycles. The predicted molar refractivity (Wildman–Crippen MR) is 243 cm³/mol. The second-order valence-corrected chi connectivity index (χ2v) is 15.5. The summed E-state index contributed by atoms with van der Waals surface area (Å²) < 4.78 is 4.87. The standard InChI is InChI=1S/C54H38N4/c1-2-38-51(34-18-6-3-7-19-34)55-54(56-52(38)35-20-8-4-9-21-35)44-33-43-40-25-13-16-28-46(40)58-47-29-17-14-26-41(47)50(53(43)58)49(44)36-30-31-48-42(32-36)39-24-12-15-27-45(39)57(48)37-22-10-5-11-23-37/h3-33,38,51H,2H2,1H3. The van der Waals surface area contributed by atoms with E-state index in [2.05, 4.69) is 204 Å². The third-order valence-corrected chi connectivity index (χ3v) is 12.5. The van der Waals surface area contributed by atoms with Gasteiger partial charge in [-0.05, 0) is 71.6 Å². The molecule has 0 N–H and O–H groups in total. The lowest BCUT2D eigenvalue weighted by Gasteiger charge is -2.30. The smallest absolute Gasteiger partial charge is 0.156 e. The van der Waals surface area contributed by atoms with Gasteiger partial charge in [-0.2, -0.15) is 0 Å². The number of aromatic nitrogens is 2. The normalized spacial score (nSPS) is 15.9. The highest BCUT2D eigenvalue weighted by molar-refractivity contribution is 6.31. The SMILES string of the molecule is CCC1C(c2ccccc2)=NC(c2cc3c4ccccc4n4c5ccccc5c(c2-c2ccc5c(c2)c2ccccc2n5-c2ccccc2)c34)=NC1c1ccccc1. The molecule has 2 atom stereocenters. The lowest BCUT2D eigenvalue weighted by molar-refractivity contribution is 0.532. The van der Waals surface area contributed by atoms with Gasteiger partial charge in [0.15, 0.2) is 5.84 Å². The minimum atomic E-state index is -0.0917. The summed E-state index contributed by atoms with van der Waals surface area (Å²) >= 11 is 0. The Balaban J connectivity index is 1.23. The van der Waals surface area contributed by atoms with Crippen LogP contribution < -0.4 is 0 Å². The number of nitrogens with zero attached hydrogens (tertiary/aromatic N) is 4. The molecule has 0 fully saturated rings. The summed E-state index contributed by atoms with van der Waals surface area (Å²) in [7, 11) is 0. The highest BCUT2D eigenvalue weighted by Crippen LogP contribution is 2.48. The molecule has 0 spiro atoms. The monoisotopic (exact) mass is 742 g/mol. The largest absolute Gasteiger partial charge is 0.309 e. The van der Waals surface area contributed by atoms with Crippen molar-refractivity contribution in [3.05, 3.63) is 205 Å². The summed E-state index contributed by atoms with van der Waals surface area (Å²) in [6.45, 7) is 2.27. The van der Waals surface area contributed by atoms with Crippen LogP contribution in [0.5, 0.6) is 0 Å². The number of benzene rings is 8. The molecule has 0 saturated carbocycles. The molecule has 12 rings (SSSR count). The quantitative estimate of drug-likeness (QED) is 0.163. The van der Waals surface area contributed by atoms with Crippen molar-refractivity contribution < 1.29 is 0 Å². The van der Waals surface area contributed by atoms with E-state index in [0.29, 0.717) is 0 Å². The van der Waals surface area contributed by atoms with E-state index in [-0.39, 0.29) is 12.0 Å². The lowest BCUT2D eigenvalue weighted by Crippen LogP contribution is -2.28. The Hall–Kier alpha value is -7.30. The number of hydrogen-bond acceptors (Lipinski definition) is 2. The molecular weight excluding hydrogens is 705 g/mol. The fourth-order valence-corrected chi connectivity index (χ4v) is 9.97. The summed E-state index contributed by atoms with van der Waals surface area (Å²) in [5.74, 6) is 0.901. The molecule has 0 radical (unpaired) electrons. The molecule has 2 unspecified atom stereocenters. The van der Waals surface area contributed by atoms with Crippen LogP contribution in [0.15, 0.2) is 198 Å². The summed E-state index contributed by atoms with van der Waals surface area (Å²) in [5.41, 5.74) is 14.0. The van der Waals surface area contributed by atoms with E-state index in [1.165, 1.54) is 65.5 Å². The molecule has 1 aliphatic rings. The lowest BCUT2D eigenvalue weighted by atomic mass is 9.82.